The summed E-state index contributed by atoms with van der Waals surface area (Å²) in [5.41, 5.74) is 1.37. The van der Waals surface area contributed by atoms with Gasteiger partial charge in [0, 0.05) is 45.0 Å². The first kappa shape index (κ1) is 17.1. The maximum Gasteiger partial charge on any atom is 0.274 e. The van der Waals surface area contributed by atoms with E-state index in [2.05, 4.69) is 19.5 Å². The number of carbonyl (C=O) groups excluding carboxylic acids is 1. The number of hydrogen-bond acceptors (Lipinski definition) is 6. The van der Waals surface area contributed by atoms with Crippen molar-refractivity contribution < 1.29 is 14.3 Å². The molecular weight excluding hydrogens is 334 g/mol. The van der Waals surface area contributed by atoms with Crippen molar-refractivity contribution in [1.29, 1.82) is 0 Å². The van der Waals surface area contributed by atoms with Crippen LogP contribution in [0.3, 0.4) is 0 Å². The van der Waals surface area contributed by atoms with Gasteiger partial charge < -0.3 is 18.9 Å². The van der Waals surface area contributed by atoms with Gasteiger partial charge in [0.25, 0.3) is 5.91 Å². The average Bonchev–Trinajstić information content (AvgIpc) is 3.18. The minimum absolute atomic E-state index is 0.0571. The predicted octanol–water partition coefficient (Wildman–Crippen LogP) is 1.31. The topological polar surface area (TPSA) is 82.4 Å². The third-order valence-corrected chi connectivity index (χ3v) is 5.00. The van der Waals surface area contributed by atoms with E-state index in [1.807, 2.05) is 12.5 Å². The van der Waals surface area contributed by atoms with Crippen molar-refractivity contribution in [3.63, 3.8) is 0 Å². The van der Waals surface area contributed by atoms with Crippen molar-refractivity contribution in [2.75, 3.05) is 33.0 Å². The minimum Gasteiger partial charge on any atom is -0.381 e. The van der Waals surface area contributed by atoms with E-state index in [0.717, 1.165) is 38.4 Å². The first-order valence-electron chi connectivity index (χ1n) is 9.02. The number of fused-ring (bicyclic) bond motifs is 1. The van der Waals surface area contributed by atoms with Gasteiger partial charge in [-0.3, -0.25) is 9.78 Å². The number of ether oxygens (including phenoxy) is 2. The fourth-order valence-corrected chi connectivity index (χ4v) is 3.53. The number of imidazole rings is 1. The molecular formula is C18H23N5O3. The highest BCUT2D eigenvalue weighted by Gasteiger charge is 2.29. The van der Waals surface area contributed by atoms with Gasteiger partial charge in [-0.05, 0) is 18.8 Å². The minimum atomic E-state index is -0.111. The van der Waals surface area contributed by atoms with Crippen LogP contribution in [0.15, 0.2) is 31.1 Å². The Hall–Kier alpha value is -2.32. The van der Waals surface area contributed by atoms with Gasteiger partial charge >= 0.3 is 0 Å². The van der Waals surface area contributed by atoms with Gasteiger partial charge in [0.15, 0.2) is 0 Å². The highest BCUT2D eigenvalue weighted by molar-refractivity contribution is 5.92. The predicted molar refractivity (Wildman–Crippen MR) is 92.4 cm³/mol. The Bertz CT molecular complexity index is 729. The zero-order chi connectivity index (χ0) is 17.8. The molecule has 2 aromatic rings. The van der Waals surface area contributed by atoms with Crippen LogP contribution in [-0.2, 0) is 16.0 Å². The van der Waals surface area contributed by atoms with Crippen molar-refractivity contribution in [3.8, 4) is 0 Å². The van der Waals surface area contributed by atoms with Crippen LogP contribution in [0.2, 0.25) is 0 Å². The van der Waals surface area contributed by atoms with Crippen LogP contribution >= 0.6 is 0 Å². The summed E-state index contributed by atoms with van der Waals surface area (Å²) < 4.78 is 13.5. The number of rotatable bonds is 5. The number of amides is 1. The molecule has 0 spiro atoms. The SMILES string of the molecule is O=C(c1cnccn1)N1Cc2cncn2[C@H](COCC2CCOCC2)C1. The van der Waals surface area contributed by atoms with Crippen molar-refractivity contribution in [3.05, 3.63) is 42.5 Å². The summed E-state index contributed by atoms with van der Waals surface area (Å²) in [6, 6.07) is 0.0571. The van der Waals surface area contributed by atoms with E-state index in [4.69, 9.17) is 9.47 Å². The molecule has 4 rings (SSSR count). The number of nitrogens with zero attached hydrogens (tertiary/aromatic N) is 5. The molecule has 0 aliphatic carbocycles. The first-order valence-corrected chi connectivity index (χ1v) is 9.02. The number of carbonyl (C=O) groups is 1. The second kappa shape index (κ2) is 7.92. The zero-order valence-electron chi connectivity index (χ0n) is 14.7. The van der Waals surface area contributed by atoms with E-state index < -0.39 is 0 Å². The van der Waals surface area contributed by atoms with Crippen molar-refractivity contribution in [2.45, 2.75) is 25.4 Å². The van der Waals surface area contributed by atoms with Gasteiger partial charge in [0.05, 0.1) is 37.4 Å². The van der Waals surface area contributed by atoms with Crippen LogP contribution < -0.4 is 0 Å². The van der Waals surface area contributed by atoms with E-state index in [0.29, 0.717) is 31.3 Å². The Kier molecular flexibility index (Phi) is 5.21. The molecule has 8 nitrogen and oxygen atoms in total. The fraction of sp³-hybridized carbons (Fsp3) is 0.556. The first-order chi connectivity index (χ1) is 12.8. The zero-order valence-corrected chi connectivity index (χ0v) is 14.7. The molecule has 0 aromatic carbocycles. The van der Waals surface area contributed by atoms with Gasteiger partial charge in [-0.15, -0.1) is 0 Å². The lowest BCUT2D eigenvalue weighted by molar-refractivity contribution is 0.00595. The summed E-state index contributed by atoms with van der Waals surface area (Å²) >= 11 is 0. The third-order valence-electron chi connectivity index (χ3n) is 5.00. The molecule has 1 saturated heterocycles. The lowest BCUT2D eigenvalue weighted by Gasteiger charge is -2.34. The summed E-state index contributed by atoms with van der Waals surface area (Å²) in [5.74, 6) is 0.451. The molecule has 2 aromatic heterocycles. The number of hydrogen-bond donors (Lipinski definition) is 0. The maximum atomic E-state index is 12.7. The smallest absolute Gasteiger partial charge is 0.274 e. The Morgan fingerprint density at radius 3 is 2.88 bits per heavy atom. The van der Waals surface area contributed by atoms with E-state index in [9.17, 15) is 4.79 Å². The molecule has 0 unspecified atom stereocenters. The van der Waals surface area contributed by atoms with Crippen molar-refractivity contribution in [2.24, 2.45) is 5.92 Å². The maximum absolute atomic E-state index is 12.7. The molecule has 0 bridgehead atoms. The normalized spacial score (nSPS) is 20.8. The second-order valence-corrected chi connectivity index (χ2v) is 6.82. The lowest BCUT2D eigenvalue weighted by Crippen LogP contribution is -2.42. The summed E-state index contributed by atoms with van der Waals surface area (Å²) in [7, 11) is 0. The molecule has 138 valence electrons. The van der Waals surface area contributed by atoms with Crippen LogP contribution in [0.4, 0.5) is 0 Å². The van der Waals surface area contributed by atoms with Gasteiger partial charge in [0.2, 0.25) is 0 Å². The molecule has 8 heteroatoms. The molecule has 0 saturated carbocycles. The molecule has 1 amide bonds. The van der Waals surface area contributed by atoms with Crippen molar-refractivity contribution >= 4 is 5.91 Å². The van der Waals surface area contributed by atoms with Crippen LogP contribution in [0.5, 0.6) is 0 Å². The van der Waals surface area contributed by atoms with Gasteiger partial charge in [0.1, 0.15) is 5.69 Å². The quantitative estimate of drug-likeness (QED) is 0.802. The van der Waals surface area contributed by atoms with Crippen LogP contribution in [0, 0.1) is 5.92 Å². The van der Waals surface area contributed by atoms with E-state index >= 15 is 0 Å². The summed E-state index contributed by atoms with van der Waals surface area (Å²) in [4.78, 5) is 26.9. The Morgan fingerprint density at radius 2 is 2.08 bits per heavy atom. The number of aromatic nitrogens is 4. The Labute approximate surface area is 152 Å². The monoisotopic (exact) mass is 357 g/mol. The molecule has 2 aliphatic heterocycles. The summed E-state index contributed by atoms with van der Waals surface area (Å²) in [6.45, 7) is 4.04. The van der Waals surface area contributed by atoms with Crippen LogP contribution in [0.1, 0.15) is 35.1 Å². The molecule has 1 fully saturated rings. The van der Waals surface area contributed by atoms with E-state index in [1.165, 1.54) is 12.4 Å². The second-order valence-electron chi connectivity index (χ2n) is 6.82. The molecule has 4 heterocycles. The summed E-state index contributed by atoms with van der Waals surface area (Å²) in [5, 5.41) is 0. The molecule has 26 heavy (non-hydrogen) atoms. The van der Waals surface area contributed by atoms with Gasteiger partial charge in [-0.1, -0.05) is 0 Å². The van der Waals surface area contributed by atoms with Crippen LogP contribution in [0.25, 0.3) is 0 Å². The largest absolute Gasteiger partial charge is 0.381 e. The standard InChI is InChI=1S/C18H23N5O3/c24-18(17-8-19-3-4-21-17)22-9-15-7-20-13-23(15)16(10-22)12-26-11-14-1-5-25-6-2-14/h3-4,7-8,13-14,16H,1-2,5-6,9-12H2/t16-/m0/s1. The van der Waals surface area contributed by atoms with Crippen LogP contribution in [-0.4, -0.2) is 63.3 Å². The molecule has 2 aliphatic rings. The Morgan fingerprint density at radius 1 is 1.19 bits per heavy atom. The van der Waals surface area contributed by atoms with Gasteiger partial charge in [-0.25, -0.2) is 9.97 Å². The Balaban J connectivity index is 1.40. The lowest BCUT2D eigenvalue weighted by atomic mass is 10.0. The fourth-order valence-electron chi connectivity index (χ4n) is 3.53. The van der Waals surface area contributed by atoms with E-state index in [1.54, 1.807) is 11.1 Å². The molecule has 0 N–H and O–H groups in total. The molecule has 1 atom stereocenters. The highest BCUT2D eigenvalue weighted by atomic mass is 16.5. The van der Waals surface area contributed by atoms with Crippen molar-refractivity contribution in [1.82, 2.24) is 24.4 Å². The molecule has 0 radical (unpaired) electrons. The van der Waals surface area contributed by atoms with E-state index in [-0.39, 0.29) is 11.9 Å². The summed E-state index contributed by atoms with van der Waals surface area (Å²) in [6.07, 6.45) is 10.3. The van der Waals surface area contributed by atoms with Gasteiger partial charge in [-0.2, -0.15) is 0 Å². The third kappa shape index (κ3) is 3.76. The average molecular weight is 357 g/mol. The highest BCUT2D eigenvalue weighted by Crippen LogP contribution is 2.23.